The van der Waals surface area contributed by atoms with Gasteiger partial charge in [0.25, 0.3) is 0 Å². The maximum absolute atomic E-state index is 3.71. The molecule has 2 unspecified atom stereocenters. The Morgan fingerprint density at radius 2 is 2.12 bits per heavy atom. The third-order valence-electron chi connectivity index (χ3n) is 4.26. The van der Waals surface area contributed by atoms with Crippen LogP contribution in [-0.2, 0) is 0 Å². The Balaban J connectivity index is 2.12. The normalized spacial score (nSPS) is 23.1. The van der Waals surface area contributed by atoms with Crippen LogP contribution in [-0.4, -0.2) is 37.1 Å². The maximum atomic E-state index is 3.71. The zero-order chi connectivity index (χ0) is 12.5. The van der Waals surface area contributed by atoms with Crippen LogP contribution < -0.4 is 5.32 Å². The van der Waals surface area contributed by atoms with Gasteiger partial charge in [-0.05, 0) is 44.8 Å². The van der Waals surface area contributed by atoms with Gasteiger partial charge in [-0.2, -0.15) is 0 Å². The lowest BCUT2D eigenvalue weighted by molar-refractivity contribution is 0.255. The van der Waals surface area contributed by atoms with Crippen LogP contribution in [0.15, 0.2) is 0 Å². The first-order valence-electron chi connectivity index (χ1n) is 7.76. The van der Waals surface area contributed by atoms with E-state index in [-0.39, 0.29) is 0 Å². The predicted octanol–water partition coefficient (Wildman–Crippen LogP) is 3.28. The van der Waals surface area contributed by atoms with Gasteiger partial charge in [0.15, 0.2) is 0 Å². The maximum Gasteiger partial charge on any atom is 0.0220 e. The van der Waals surface area contributed by atoms with Crippen LogP contribution in [0.5, 0.6) is 0 Å². The Kier molecular flexibility index (Phi) is 7.87. The molecule has 1 heterocycles. The van der Waals surface area contributed by atoms with Gasteiger partial charge in [-0.1, -0.05) is 40.0 Å². The molecule has 2 heteroatoms. The number of likely N-dealkylation sites (N-methyl/N-ethyl adjacent to an activating group) is 1. The fourth-order valence-electron chi connectivity index (χ4n) is 2.94. The summed E-state index contributed by atoms with van der Waals surface area (Å²) < 4.78 is 0. The van der Waals surface area contributed by atoms with E-state index in [4.69, 9.17) is 0 Å². The summed E-state index contributed by atoms with van der Waals surface area (Å²) >= 11 is 0. The lowest BCUT2D eigenvalue weighted by Gasteiger charge is -2.24. The summed E-state index contributed by atoms with van der Waals surface area (Å²) in [5, 5.41) is 3.71. The van der Waals surface area contributed by atoms with Crippen molar-refractivity contribution in [3.05, 3.63) is 0 Å². The number of rotatable bonds is 9. The number of likely N-dealkylation sites (tertiary alicyclic amines) is 1. The van der Waals surface area contributed by atoms with Gasteiger partial charge in [0.2, 0.25) is 0 Å². The Hall–Kier alpha value is -0.0800. The molecule has 0 amide bonds. The van der Waals surface area contributed by atoms with Gasteiger partial charge in [-0.15, -0.1) is 0 Å². The van der Waals surface area contributed by atoms with Crippen LogP contribution >= 0.6 is 0 Å². The minimum atomic E-state index is 0.809. The van der Waals surface area contributed by atoms with E-state index in [0.717, 1.165) is 12.0 Å². The predicted molar refractivity (Wildman–Crippen MR) is 76.4 cm³/mol. The molecule has 0 aromatic heterocycles. The van der Waals surface area contributed by atoms with E-state index in [1.165, 1.54) is 64.7 Å². The summed E-state index contributed by atoms with van der Waals surface area (Å²) in [4.78, 5) is 2.62. The number of nitrogens with one attached hydrogen (secondary N) is 1. The van der Waals surface area contributed by atoms with Crippen molar-refractivity contribution in [1.29, 1.82) is 0 Å². The molecule has 1 saturated heterocycles. The molecule has 1 rings (SSSR count). The first kappa shape index (κ1) is 15.0. The van der Waals surface area contributed by atoms with E-state index >= 15 is 0 Å². The standard InChI is InChI=1S/C15H32N2/c1-4-7-9-14(5-2)12-16-13-15-10-8-11-17(15)6-3/h14-16H,4-13H2,1-3H3. The van der Waals surface area contributed by atoms with Crippen molar-refractivity contribution in [2.45, 2.75) is 65.3 Å². The summed E-state index contributed by atoms with van der Waals surface area (Å²) in [7, 11) is 0. The first-order valence-corrected chi connectivity index (χ1v) is 7.76. The van der Waals surface area contributed by atoms with Crippen LogP contribution in [0.1, 0.15) is 59.3 Å². The van der Waals surface area contributed by atoms with Crippen LogP contribution in [0, 0.1) is 5.92 Å². The van der Waals surface area contributed by atoms with E-state index in [0.29, 0.717) is 0 Å². The van der Waals surface area contributed by atoms with Gasteiger partial charge in [-0.25, -0.2) is 0 Å². The molecule has 1 aliphatic rings. The SMILES string of the molecule is CCCCC(CC)CNCC1CCCN1CC. The Bertz CT molecular complexity index is 182. The molecule has 1 N–H and O–H groups in total. The van der Waals surface area contributed by atoms with Crippen molar-refractivity contribution in [3.8, 4) is 0 Å². The van der Waals surface area contributed by atoms with Gasteiger partial charge < -0.3 is 5.32 Å². The van der Waals surface area contributed by atoms with Crippen molar-refractivity contribution < 1.29 is 0 Å². The van der Waals surface area contributed by atoms with Crippen LogP contribution in [0.4, 0.5) is 0 Å². The van der Waals surface area contributed by atoms with E-state index in [9.17, 15) is 0 Å². The van der Waals surface area contributed by atoms with Crippen LogP contribution in [0.25, 0.3) is 0 Å². The molecule has 1 aliphatic heterocycles. The van der Waals surface area contributed by atoms with Crippen molar-refractivity contribution >= 4 is 0 Å². The van der Waals surface area contributed by atoms with Gasteiger partial charge in [0.05, 0.1) is 0 Å². The monoisotopic (exact) mass is 240 g/mol. The Labute approximate surface area is 108 Å². The molecular formula is C15H32N2. The third-order valence-corrected chi connectivity index (χ3v) is 4.26. The molecule has 0 bridgehead atoms. The summed E-state index contributed by atoms with van der Waals surface area (Å²) in [6, 6.07) is 0.809. The highest BCUT2D eigenvalue weighted by Gasteiger charge is 2.22. The third kappa shape index (κ3) is 5.39. The number of hydrogen-bond acceptors (Lipinski definition) is 2. The van der Waals surface area contributed by atoms with Gasteiger partial charge >= 0.3 is 0 Å². The molecule has 2 nitrogen and oxygen atoms in total. The molecule has 0 saturated carbocycles. The van der Waals surface area contributed by atoms with E-state index in [1.54, 1.807) is 0 Å². The van der Waals surface area contributed by atoms with E-state index in [2.05, 4.69) is 31.0 Å². The van der Waals surface area contributed by atoms with Crippen LogP contribution in [0.2, 0.25) is 0 Å². The largest absolute Gasteiger partial charge is 0.315 e. The van der Waals surface area contributed by atoms with Gasteiger partial charge in [0, 0.05) is 12.6 Å². The molecular weight excluding hydrogens is 208 g/mol. The van der Waals surface area contributed by atoms with Crippen molar-refractivity contribution in [1.82, 2.24) is 10.2 Å². The molecule has 0 aliphatic carbocycles. The molecule has 0 aromatic carbocycles. The summed E-state index contributed by atoms with van der Waals surface area (Å²) in [5.41, 5.74) is 0. The second-order valence-corrected chi connectivity index (χ2v) is 5.50. The first-order chi connectivity index (χ1) is 8.31. The average molecular weight is 240 g/mol. The lowest BCUT2D eigenvalue weighted by atomic mass is 9.99. The summed E-state index contributed by atoms with van der Waals surface area (Å²) in [6.45, 7) is 11.9. The zero-order valence-corrected chi connectivity index (χ0v) is 12.2. The molecule has 1 fully saturated rings. The quantitative estimate of drug-likeness (QED) is 0.665. The minimum absolute atomic E-state index is 0.809. The molecule has 0 spiro atoms. The highest BCUT2D eigenvalue weighted by atomic mass is 15.2. The summed E-state index contributed by atoms with van der Waals surface area (Å²) in [6.07, 6.45) is 8.25. The Morgan fingerprint density at radius 1 is 1.29 bits per heavy atom. The van der Waals surface area contributed by atoms with E-state index < -0.39 is 0 Å². The molecule has 0 aromatic rings. The van der Waals surface area contributed by atoms with Crippen LogP contribution in [0.3, 0.4) is 0 Å². The smallest absolute Gasteiger partial charge is 0.0220 e. The lowest BCUT2D eigenvalue weighted by Crippen LogP contribution is -2.39. The fraction of sp³-hybridized carbons (Fsp3) is 1.00. The summed E-state index contributed by atoms with van der Waals surface area (Å²) in [5.74, 6) is 0.895. The second-order valence-electron chi connectivity index (χ2n) is 5.50. The zero-order valence-electron chi connectivity index (χ0n) is 12.2. The number of nitrogens with zero attached hydrogens (tertiary/aromatic N) is 1. The average Bonchev–Trinajstić information content (AvgIpc) is 2.81. The van der Waals surface area contributed by atoms with Gasteiger partial charge in [0.1, 0.15) is 0 Å². The highest BCUT2D eigenvalue weighted by molar-refractivity contribution is 4.80. The van der Waals surface area contributed by atoms with Crippen molar-refractivity contribution in [3.63, 3.8) is 0 Å². The molecule has 17 heavy (non-hydrogen) atoms. The number of unbranched alkanes of at least 4 members (excludes halogenated alkanes) is 1. The number of hydrogen-bond donors (Lipinski definition) is 1. The second kappa shape index (κ2) is 8.93. The fourth-order valence-corrected chi connectivity index (χ4v) is 2.94. The van der Waals surface area contributed by atoms with Crippen molar-refractivity contribution in [2.24, 2.45) is 5.92 Å². The highest BCUT2D eigenvalue weighted by Crippen LogP contribution is 2.16. The molecule has 2 atom stereocenters. The minimum Gasteiger partial charge on any atom is -0.315 e. The van der Waals surface area contributed by atoms with Gasteiger partial charge in [-0.3, -0.25) is 4.90 Å². The topological polar surface area (TPSA) is 15.3 Å². The van der Waals surface area contributed by atoms with Crippen molar-refractivity contribution in [2.75, 3.05) is 26.2 Å². The molecule has 102 valence electrons. The Morgan fingerprint density at radius 3 is 2.76 bits per heavy atom. The van der Waals surface area contributed by atoms with E-state index in [1.807, 2.05) is 0 Å². The molecule has 0 radical (unpaired) electrons.